The van der Waals surface area contributed by atoms with Crippen LogP contribution in [0.15, 0.2) is 42.6 Å². The number of hydrogen-bond donors (Lipinski definition) is 1. The molecule has 2 atom stereocenters. The number of piperidine rings is 1. The molecule has 1 aliphatic carbocycles. The van der Waals surface area contributed by atoms with Gasteiger partial charge in [0, 0.05) is 44.3 Å². The van der Waals surface area contributed by atoms with E-state index in [4.69, 9.17) is 9.47 Å². The van der Waals surface area contributed by atoms with Gasteiger partial charge in [-0.2, -0.15) is 22.5 Å². The topological polar surface area (TPSA) is 96.9 Å². The number of ether oxygens (including phenoxy) is 2. The number of rotatable bonds is 8. The summed E-state index contributed by atoms with van der Waals surface area (Å²) in [6.45, 7) is 3.33. The van der Waals surface area contributed by atoms with Crippen LogP contribution in [0.5, 0.6) is 0 Å². The minimum Gasteiger partial charge on any atom is -0.379 e. The molecule has 0 radical (unpaired) electrons. The molecule has 3 aliphatic rings. The molecule has 2 aliphatic heterocycles. The molecule has 1 N–H and O–H groups in total. The largest absolute Gasteiger partial charge is 0.379 e. The van der Waals surface area contributed by atoms with Crippen LogP contribution in [0.25, 0.3) is 0 Å². The van der Waals surface area contributed by atoms with Gasteiger partial charge in [0.1, 0.15) is 5.82 Å². The summed E-state index contributed by atoms with van der Waals surface area (Å²) in [4.78, 5) is 2.15. The molecular weight excluding hydrogens is 497 g/mol. The molecule has 0 unspecified atom stereocenters. The Hall–Kier alpha value is -2.18. The lowest BCUT2D eigenvalue weighted by atomic mass is 9.82. The van der Waals surface area contributed by atoms with E-state index in [-0.39, 0.29) is 23.9 Å². The second kappa shape index (κ2) is 12.1. The van der Waals surface area contributed by atoms with Gasteiger partial charge >= 0.3 is 0 Å². The Morgan fingerprint density at radius 2 is 1.86 bits per heavy atom. The highest BCUT2D eigenvalue weighted by Crippen LogP contribution is 2.35. The lowest BCUT2D eigenvalue weighted by Crippen LogP contribution is -2.56. The van der Waals surface area contributed by atoms with Gasteiger partial charge in [0.15, 0.2) is 5.82 Å². The van der Waals surface area contributed by atoms with Gasteiger partial charge in [-0.3, -0.25) is 0 Å². The molecule has 0 spiro atoms. The number of morpholine rings is 1. The first-order valence-electron chi connectivity index (χ1n) is 13.2. The van der Waals surface area contributed by atoms with Gasteiger partial charge in [-0.1, -0.05) is 12.1 Å². The molecule has 11 heteroatoms. The standard InChI is InChI=1S/C26H36FN5O4S/c27-23-4-1-3-21(17-23)20-6-8-24(9-7-20)36-19-22-18-31(26-5-2-11-28-29-26)12-10-25(22)30-37(33,34)32-13-15-35-16-14-32/h1-5,11,17,20,22,24-25,30H,6-10,12-16,18-19H2/t20-,22-,24+,25-/m0/s1. The summed E-state index contributed by atoms with van der Waals surface area (Å²) in [5.74, 6) is 0.918. The molecule has 9 nitrogen and oxygen atoms in total. The van der Waals surface area contributed by atoms with E-state index >= 15 is 0 Å². The van der Waals surface area contributed by atoms with Crippen LogP contribution in [-0.2, 0) is 19.7 Å². The first kappa shape index (κ1) is 26.4. The Kier molecular flexibility index (Phi) is 8.66. The normalized spacial score (nSPS) is 27.8. The van der Waals surface area contributed by atoms with E-state index in [9.17, 15) is 12.8 Å². The summed E-state index contributed by atoms with van der Waals surface area (Å²) in [5, 5.41) is 8.26. The number of aromatic nitrogens is 2. The summed E-state index contributed by atoms with van der Waals surface area (Å²) in [6, 6.07) is 10.5. The van der Waals surface area contributed by atoms with Crippen molar-refractivity contribution in [2.45, 2.75) is 50.2 Å². The smallest absolute Gasteiger partial charge is 0.279 e. The second-order valence-corrected chi connectivity index (χ2v) is 11.9. The molecule has 0 bridgehead atoms. The molecule has 5 rings (SSSR count). The Labute approximate surface area is 218 Å². The summed E-state index contributed by atoms with van der Waals surface area (Å²) < 4.78 is 56.0. The van der Waals surface area contributed by atoms with Crippen molar-refractivity contribution in [3.8, 4) is 0 Å². The zero-order valence-electron chi connectivity index (χ0n) is 21.0. The molecule has 2 saturated heterocycles. The number of hydrogen-bond acceptors (Lipinski definition) is 7. The van der Waals surface area contributed by atoms with E-state index in [0.29, 0.717) is 58.3 Å². The summed E-state index contributed by atoms with van der Waals surface area (Å²) in [5.41, 5.74) is 1.06. The molecule has 1 aromatic heterocycles. The Bertz CT molecular complexity index is 1110. The first-order chi connectivity index (χ1) is 18.0. The third-order valence-corrected chi connectivity index (χ3v) is 9.41. The maximum atomic E-state index is 13.7. The van der Waals surface area contributed by atoms with Crippen molar-refractivity contribution in [3.05, 3.63) is 54.0 Å². The lowest BCUT2D eigenvalue weighted by molar-refractivity contribution is -0.00239. The van der Waals surface area contributed by atoms with Crippen molar-refractivity contribution in [1.82, 2.24) is 19.2 Å². The Balaban J connectivity index is 1.21. The number of anilines is 1. The molecule has 202 valence electrons. The van der Waals surface area contributed by atoms with E-state index in [0.717, 1.165) is 37.1 Å². The van der Waals surface area contributed by atoms with Crippen LogP contribution in [0.2, 0.25) is 0 Å². The van der Waals surface area contributed by atoms with E-state index in [1.54, 1.807) is 18.3 Å². The Morgan fingerprint density at radius 3 is 2.59 bits per heavy atom. The third kappa shape index (κ3) is 6.83. The quantitative estimate of drug-likeness (QED) is 0.557. The van der Waals surface area contributed by atoms with Gasteiger partial charge in [-0.15, -0.1) is 5.10 Å². The summed E-state index contributed by atoms with van der Waals surface area (Å²) in [6.07, 6.45) is 6.15. The van der Waals surface area contributed by atoms with Gasteiger partial charge in [-0.25, -0.2) is 4.39 Å². The number of halogens is 1. The fourth-order valence-electron chi connectivity index (χ4n) is 5.66. The molecule has 2 aromatic rings. The highest BCUT2D eigenvalue weighted by Gasteiger charge is 2.36. The van der Waals surface area contributed by atoms with Crippen LogP contribution in [0, 0.1) is 11.7 Å². The SMILES string of the molecule is O=S(=O)(N[C@H]1CCN(c2cccnn2)C[C@H]1CO[C@H]1CC[C@@H](c2cccc(F)c2)CC1)N1CCOCC1. The van der Waals surface area contributed by atoms with Crippen molar-refractivity contribution >= 4 is 16.0 Å². The highest BCUT2D eigenvalue weighted by atomic mass is 32.2. The van der Waals surface area contributed by atoms with Crippen LogP contribution >= 0.6 is 0 Å². The Morgan fingerprint density at radius 1 is 1.05 bits per heavy atom. The van der Waals surface area contributed by atoms with Crippen LogP contribution in [0.3, 0.4) is 0 Å². The summed E-state index contributed by atoms with van der Waals surface area (Å²) >= 11 is 0. The molecule has 3 fully saturated rings. The van der Waals surface area contributed by atoms with E-state index in [1.165, 1.54) is 10.4 Å². The minimum absolute atomic E-state index is 0.0347. The maximum Gasteiger partial charge on any atom is 0.279 e. The minimum atomic E-state index is -3.61. The molecule has 37 heavy (non-hydrogen) atoms. The average molecular weight is 534 g/mol. The van der Waals surface area contributed by atoms with Gasteiger partial charge in [0.2, 0.25) is 0 Å². The van der Waals surface area contributed by atoms with Crippen LogP contribution in [0.4, 0.5) is 10.2 Å². The lowest BCUT2D eigenvalue weighted by Gasteiger charge is -2.40. The van der Waals surface area contributed by atoms with Crippen molar-refractivity contribution < 1.29 is 22.3 Å². The molecule has 1 aromatic carbocycles. The van der Waals surface area contributed by atoms with E-state index in [2.05, 4.69) is 19.8 Å². The number of nitrogens with one attached hydrogen (secondary N) is 1. The van der Waals surface area contributed by atoms with E-state index in [1.807, 2.05) is 18.2 Å². The fourth-order valence-corrected chi connectivity index (χ4v) is 7.13. The van der Waals surface area contributed by atoms with Gasteiger partial charge in [0.05, 0.1) is 25.9 Å². The zero-order valence-corrected chi connectivity index (χ0v) is 21.9. The summed E-state index contributed by atoms with van der Waals surface area (Å²) in [7, 11) is -3.61. The number of nitrogens with zero attached hydrogens (tertiary/aromatic N) is 4. The maximum absolute atomic E-state index is 13.7. The highest BCUT2D eigenvalue weighted by molar-refractivity contribution is 7.87. The zero-order chi connectivity index (χ0) is 25.7. The van der Waals surface area contributed by atoms with Crippen LogP contribution < -0.4 is 9.62 Å². The van der Waals surface area contributed by atoms with Crippen LogP contribution in [0.1, 0.15) is 43.6 Å². The predicted molar refractivity (Wildman–Crippen MR) is 138 cm³/mol. The molecule has 3 heterocycles. The number of benzene rings is 1. The van der Waals surface area contributed by atoms with Crippen molar-refractivity contribution in [1.29, 1.82) is 0 Å². The van der Waals surface area contributed by atoms with Gasteiger partial charge in [0.25, 0.3) is 10.2 Å². The molecular formula is C26H36FN5O4S. The first-order valence-corrected chi connectivity index (χ1v) is 14.7. The molecule has 0 amide bonds. The van der Waals surface area contributed by atoms with Gasteiger partial charge < -0.3 is 14.4 Å². The van der Waals surface area contributed by atoms with Crippen LogP contribution in [-0.4, -0.2) is 81.1 Å². The van der Waals surface area contributed by atoms with Crippen molar-refractivity contribution in [3.63, 3.8) is 0 Å². The van der Waals surface area contributed by atoms with Crippen molar-refractivity contribution in [2.75, 3.05) is 50.9 Å². The van der Waals surface area contributed by atoms with E-state index < -0.39 is 10.2 Å². The monoisotopic (exact) mass is 533 g/mol. The fraction of sp³-hybridized carbons (Fsp3) is 0.615. The third-order valence-electron chi connectivity index (χ3n) is 7.77. The van der Waals surface area contributed by atoms with Gasteiger partial charge in [-0.05, 0) is 67.9 Å². The average Bonchev–Trinajstić information content (AvgIpc) is 2.93. The van der Waals surface area contributed by atoms with Crippen molar-refractivity contribution in [2.24, 2.45) is 5.92 Å². The predicted octanol–water partition coefficient (Wildman–Crippen LogP) is 2.72. The second-order valence-electron chi connectivity index (χ2n) is 10.2. The molecule has 1 saturated carbocycles.